The predicted octanol–water partition coefficient (Wildman–Crippen LogP) is 5.90. The molecule has 1 saturated heterocycles. The van der Waals surface area contributed by atoms with Crippen LogP contribution in [0.3, 0.4) is 0 Å². The molecule has 5 nitrogen and oxygen atoms in total. The number of likely N-dealkylation sites (N-methyl/N-ethyl adjacent to an activating group) is 1. The molecule has 2 atom stereocenters. The molecule has 1 rings (SSSR count). The van der Waals surface area contributed by atoms with Gasteiger partial charge in [0.05, 0.1) is 5.60 Å². The zero-order valence-electron chi connectivity index (χ0n) is 20.5. The minimum Gasteiger partial charge on any atom is -0.404 e. The van der Waals surface area contributed by atoms with Crippen LogP contribution in [0.25, 0.3) is 0 Å². The molecule has 0 amide bonds. The van der Waals surface area contributed by atoms with Crippen LogP contribution in [0.5, 0.6) is 0 Å². The number of hydrogen-bond donors (Lipinski definition) is 3. The van der Waals surface area contributed by atoms with Crippen molar-refractivity contribution < 1.29 is 4.74 Å². The van der Waals surface area contributed by atoms with Crippen molar-refractivity contribution in [2.45, 2.75) is 91.6 Å². The van der Waals surface area contributed by atoms with Gasteiger partial charge in [0.15, 0.2) is 0 Å². The molecule has 1 fully saturated rings. The van der Waals surface area contributed by atoms with Gasteiger partial charge >= 0.3 is 0 Å². The molecule has 4 N–H and O–H groups in total. The fourth-order valence-electron chi connectivity index (χ4n) is 3.43. The van der Waals surface area contributed by atoms with Gasteiger partial charge in [0.1, 0.15) is 0 Å². The molecular formula is C25H50N4O. The van der Waals surface area contributed by atoms with Gasteiger partial charge < -0.3 is 21.2 Å². The van der Waals surface area contributed by atoms with Crippen LogP contribution >= 0.6 is 0 Å². The lowest BCUT2D eigenvalue weighted by Gasteiger charge is -2.40. The predicted molar refractivity (Wildman–Crippen MR) is 135 cm³/mol. The van der Waals surface area contributed by atoms with Gasteiger partial charge in [0.25, 0.3) is 0 Å². The number of nitrogens with two attached hydrogens (primary N) is 1. The van der Waals surface area contributed by atoms with E-state index >= 15 is 0 Å². The largest absolute Gasteiger partial charge is 0.404 e. The fourth-order valence-corrected chi connectivity index (χ4v) is 3.43. The summed E-state index contributed by atoms with van der Waals surface area (Å²) >= 11 is 0. The molecule has 0 aromatic carbocycles. The Morgan fingerprint density at radius 3 is 2.57 bits per heavy atom. The number of unbranched alkanes of at least 4 members (excludes halogenated alkanes) is 2. The van der Waals surface area contributed by atoms with E-state index in [-0.39, 0.29) is 5.60 Å². The molecule has 0 bridgehead atoms. The van der Waals surface area contributed by atoms with Crippen molar-refractivity contribution in [1.29, 1.82) is 5.41 Å². The zero-order valence-corrected chi connectivity index (χ0v) is 20.5. The normalized spacial score (nSPS) is 21.2. The Hall–Kier alpha value is -1.46. The van der Waals surface area contributed by atoms with Gasteiger partial charge in [-0.2, -0.15) is 0 Å². The molecule has 1 aliphatic heterocycles. The topological polar surface area (TPSA) is 83.5 Å². The molecular weight excluding hydrogens is 372 g/mol. The quantitative estimate of drug-likeness (QED) is 0.196. The highest BCUT2D eigenvalue weighted by atomic mass is 16.5. The minimum absolute atomic E-state index is 0.149. The van der Waals surface area contributed by atoms with Crippen molar-refractivity contribution in [3.8, 4) is 0 Å². The standard InChI is InChI=1S/C17H31NO.C6H13N3.C2H6/c1-4-7-8-9-12-18-15-16-10-13-19-17(6-3,14-16)11-5-2;1-2-9-5-6(3-7)4-8;1-2/h4,12,16H,1,5-11,13-15H2,2-3H3;3-4,7,9H,2,5,8H2,1H3;1-2H3/b;6-4+,7-3?;. The SMILES string of the molecule is C=CCCCC=NCC1CCOC(CC)(CCC)C1.CC.CCNC/C(C=N)=C/N. The van der Waals surface area contributed by atoms with Crippen molar-refractivity contribution in [1.82, 2.24) is 5.32 Å². The highest BCUT2D eigenvalue weighted by Crippen LogP contribution is 2.35. The maximum absolute atomic E-state index is 6.83. The number of ether oxygens (including phenoxy) is 1. The summed E-state index contributed by atoms with van der Waals surface area (Å²) in [4.78, 5) is 4.61. The Morgan fingerprint density at radius 1 is 1.30 bits per heavy atom. The first-order valence-corrected chi connectivity index (χ1v) is 12.0. The summed E-state index contributed by atoms with van der Waals surface area (Å²) in [7, 11) is 0. The first-order chi connectivity index (χ1) is 14.6. The zero-order chi connectivity index (χ0) is 23.1. The lowest BCUT2D eigenvalue weighted by Crippen LogP contribution is -2.40. The monoisotopic (exact) mass is 422 g/mol. The average molecular weight is 423 g/mol. The highest BCUT2D eigenvalue weighted by Gasteiger charge is 2.34. The Balaban J connectivity index is 0. The Kier molecular flexibility index (Phi) is 22.8. The molecule has 0 aliphatic carbocycles. The van der Waals surface area contributed by atoms with Crippen molar-refractivity contribution in [2.75, 3.05) is 26.2 Å². The molecule has 1 aliphatic rings. The van der Waals surface area contributed by atoms with Crippen LogP contribution in [0.1, 0.15) is 86.0 Å². The summed E-state index contributed by atoms with van der Waals surface area (Å²) in [5.41, 5.74) is 6.14. The van der Waals surface area contributed by atoms with E-state index in [1.807, 2.05) is 26.8 Å². The maximum atomic E-state index is 6.83. The van der Waals surface area contributed by atoms with Crippen LogP contribution in [0, 0.1) is 11.3 Å². The van der Waals surface area contributed by atoms with E-state index < -0.39 is 0 Å². The Bertz CT molecular complexity index is 458. The van der Waals surface area contributed by atoms with E-state index in [0.717, 1.165) is 50.4 Å². The first-order valence-electron chi connectivity index (χ1n) is 12.0. The maximum Gasteiger partial charge on any atom is 0.0683 e. The second-order valence-electron chi connectivity index (χ2n) is 7.43. The van der Waals surface area contributed by atoms with Crippen LogP contribution in [-0.4, -0.2) is 44.3 Å². The second-order valence-corrected chi connectivity index (χ2v) is 7.43. The summed E-state index contributed by atoms with van der Waals surface area (Å²) in [5, 5.41) is 9.88. The van der Waals surface area contributed by atoms with Gasteiger partial charge in [-0.3, -0.25) is 4.99 Å². The van der Waals surface area contributed by atoms with Crippen LogP contribution in [-0.2, 0) is 4.74 Å². The number of nitrogens with one attached hydrogen (secondary N) is 2. The van der Waals surface area contributed by atoms with Gasteiger partial charge in [-0.25, -0.2) is 0 Å². The highest BCUT2D eigenvalue weighted by molar-refractivity contribution is 5.75. The summed E-state index contributed by atoms with van der Waals surface area (Å²) < 4.78 is 6.08. The molecule has 0 radical (unpaired) electrons. The molecule has 5 heteroatoms. The molecule has 0 saturated carbocycles. The molecule has 0 aromatic heterocycles. The van der Waals surface area contributed by atoms with Gasteiger partial charge in [-0.15, -0.1) is 6.58 Å². The summed E-state index contributed by atoms with van der Waals surface area (Å²) in [6.45, 7) is 17.8. The molecule has 0 spiro atoms. The molecule has 176 valence electrons. The lowest BCUT2D eigenvalue weighted by molar-refractivity contribution is -0.103. The number of aliphatic imine (C=N–C) groups is 1. The summed E-state index contributed by atoms with van der Waals surface area (Å²) in [6, 6.07) is 0. The lowest BCUT2D eigenvalue weighted by atomic mass is 9.81. The van der Waals surface area contributed by atoms with Gasteiger partial charge in [-0.05, 0) is 75.4 Å². The van der Waals surface area contributed by atoms with Crippen molar-refractivity contribution in [3.05, 3.63) is 24.4 Å². The smallest absolute Gasteiger partial charge is 0.0683 e. The molecule has 0 aromatic rings. The van der Waals surface area contributed by atoms with E-state index in [0.29, 0.717) is 6.54 Å². The Labute approximate surface area is 187 Å². The van der Waals surface area contributed by atoms with Gasteiger partial charge in [-0.1, -0.05) is 47.1 Å². The van der Waals surface area contributed by atoms with E-state index in [2.05, 4.69) is 37.0 Å². The van der Waals surface area contributed by atoms with Crippen LogP contribution in [0.4, 0.5) is 0 Å². The third-order valence-corrected chi connectivity index (χ3v) is 5.16. The van der Waals surface area contributed by atoms with E-state index in [9.17, 15) is 0 Å². The van der Waals surface area contributed by atoms with Gasteiger partial charge in [0, 0.05) is 25.9 Å². The van der Waals surface area contributed by atoms with E-state index in [1.165, 1.54) is 44.5 Å². The van der Waals surface area contributed by atoms with Crippen LogP contribution in [0.2, 0.25) is 0 Å². The second kappa shape index (κ2) is 22.2. The Morgan fingerprint density at radius 2 is 2.03 bits per heavy atom. The number of hydrogen-bond acceptors (Lipinski definition) is 5. The van der Waals surface area contributed by atoms with E-state index in [4.69, 9.17) is 15.9 Å². The third kappa shape index (κ3) is 15.4. The summed E-state index contributed by atoms with van der Waals surface area (Å²) in [6.07, 6.45) is 16.1. The van der Waals surface area contributed by atoms with Crippen molar-refractivity contribution >= 4 is 12.4 Å². The fraction of sp³-hybridized carbons (Fsp3) is 0.760. The number of nitrogens with zero attached hydrogens (tertiary/aromatic N) is 1. The summed E-state index contributed by atoms with van der Waals surface area (Å²) in [5.74, 6) is 0.718. The molecule has 2 unspecified atom stereocenters. The minimum atomic E-state index is 0.149. The third-order valence-electron chi connectivity index (χ3n) is 5.16. The first kappa shape index (κ1) is 30.7. The van der Waals surface area contributed by atoms with Crippen molar-refractivity contribution in [3.63, 3.8) is 0 Å². The van der Waals surface area contributed by atoms with E-state index in [1.54, 1.807) is 0 Å². The number of rotatable bonds is 13. The molecule has 1 heterocycles. The number of allylic oxidation sites excluding steroid dienone is 1. The van der Waals surface area contributed by atoms with Crippen LogP contribution in [0.15, 0.2) is 29.4 Å². The van der Waals surface area contributed by atoms with Crippen molar-refractivity contribution in [2.24, 2.45) is 16.6 Å². The molecule has 30 heavy (non-hydrogen) atoms. The average Bonchev–Trinajstić information content (AvgIpc) is 2.79. The van der Waals surface area contributed by atoms with Crippen LogP contribution < -0.4 is 11.1 Å². The van der Waals surface area contributed by atoms with Gasteiger partial charge in [0.2, 0.25) is 0 Å².